The van der Waals surface area contributed by atoms with Gasteiger partial charge in [-0.2, -0.15) is 0 Å². The Morgan fingerprint density at radius 2 is 2.18 bits per heavy atom. The molecule has 1 atom stereocenters. The van der Waals surface area contributed by atoms with Gasteiger partial charge in [-0.05, 0) is 24.0 Å². The number of benzene rings is 1. The van der Waals surface area contributed by atoms with Crippen molar-refractivity contribution in [2.45, 2.75) is 19.3 Å². The predicted molar refractivity (Wildman–Crippen MR) is 71.6 cm³/mol. The topological polar surface area (TPSA) is 38.5 Å². The zero-order valence-electron chi connectivity index (χ0n) is 10.6. The van der Waals surface area contributed by atoms with Gasteiger partial charge in [-0.25, -0.2) is 0 Å². The fourth-order valence-corrected chi connectivity index (χ4v) is 2.41. The molecule has 0 saturated carbocycles. The van der Waals surface area contributed by atoms with Crippen LogP contribution in [0.5, 0.6) is 0 Å². The second-order valence-corrected chi connectivity index (χ2v) is 4.64. The highest BCUT2D eigenvalue weighted by atomic mass is 16.5. The van der Waals surface area contributed by atoms with E-state index in [0.717, 1.165) is 19.7 Å². The molecule has 3 nitrogen and oxygen atoms in total. The molecule has 3 heteroatoms. The van der Waals surface area contributed by atoms with Gasteiger partial charge in [0.15, 0.2) is 0 Å². The maximum Gasteiger partial charge on any atom is 0.0642 e. The molecule has 94 valence electrons. The molecule has 17 heavy (non-hydrogen) atoms. The first-order valence-corrected chi connectivity index (χ1v) is 6.44. The van der Waals surface area contributed by atoms with Gasteiger partial charge in [-0.1, -0.05) is 25.1 Å². The lowest BCUT2D eigenvalue weighted by Gasteiger charge is -2.34. The Kier molecular flexibility index (Phi) is 4.40. The summed E-state index contributed by atoms with van der Waals surface area (Å²) in [4.78, 5) is 2.42. The number of fused-ring (bicyclic) bond motifs is 1. The minimum absolute atomic E-state index is 0.605. The highest BCUT2D eigenvalue weighted by molar-refractivity contribution is 5.56. The average molecular weight is 234 g/mol. The number of para-hydroxylation sites is 1. The predicted octanol–water partition coefficient (Wildman–Crippen LogP) is 1.98. The number of nitrogens with zero attached hydrogens (tertiary/aromatic N) is 1. The van der Waals surface area contributed by atoms with Crippen molar-refractivity contribution in [1.82, 2.24) is 0 Å². The second kappa shape index (κ2) is 6.03. The Morgan fingerprint density at radius 1 is 1.35 bits per heavy atom. The molecule has 0 spiro atoms. The molecule has 0 fully saturated rings. The van der Waals surface area contributed by atoms with Crippen LogP contribution < -0.4 is 10.6 Å². The van der Waals surface area contributed by atoms with E-state index in [1.54, 1.807) is 0 Å². The molecule has 1 aromatic carbocycles. The van der Waals surface area contributed by atoms with E-state index in [9.17, 15) is 0 Å². The van der Waals surface area contributed by atoms with Crippen molar-refractivity contribution in [3.05, 3.63) is 29.8 Å². The fourth-order valence-electron chi connectivity index (χ4n) is 2.41. The van der Waals surface area contributed by atoms with Crippen LogP contribution in [0, 0.1) is 0 Å². The summed E-state index contributed by atoms with van der Waals surface area (Å²) >= 11 is 0. The van der Waals surface area contributed by atoms with Gasteiger partial charge >= 0.3 is 0 Å². The van der Waals surface area contributed by atoms with Gasteiger partial charge < -0.3 is 15.4 Å². The number of hydrogen-bond donors (Lipinski definition) is 1. The Hall–Kier alpha value is -1.06. The summed E-state index contributed by atoms with van der Waals surface area (Å²) < 4.78 is 5.46. The monoisotopic (exact) mass is 234 g/mol. The van der Waals surface area contributed by atoms with Crippen LogP contribution in [-0.2, 0) is 4.74 Å². The first-order chi connectivity index (χ1) is 8.33. The van der Waals surface area contributed by atoms with E-state index in [2.05, 4.69) is 36.1 Å². The van der Waals surface area contributed by atoms with E-state index in [0.29, 0.717) is 19.1 Å². The molecular formula is C14H22N2O. The van der Waals surface area contributed by atoms with E-state index in [-0.39, 0.29) is 0 Å². The van der Waals surface area contributed by atoms with Crippen molar-refractivity contribution in [2.75, 3.05) is 37.7 Å². The highest BCUT2D eigenvalue weighted by Crippen LogP contribution is 2.34. The number of hydrogen-bond acceptors (Lipinski definition) is 3. The summed E-state index contributed by atoms with van der Waals surface area (Å²) in [7, 11) is 0. The molecule has 2 rings (SSSR count). The largest absolute Gasteiger partial charge is 0.378 e. The molecule has 1 heterocycles. The normalized spacial score (nSPS) is 19.2. The molecule has 0 aromatic heterocycles. The molecule has 1 aromatic rings. The summed E-state index contributed by atoms with van der Waals surface area (Å²) in [5.74, 6) is 0.674. The van der Waals surface area contributed by atoms with Crippen LogP contribution in [-0.4, -0.2) is 32.8 Å². The molecule has 1 aliphatic rings. The first-order valence-electron chi connectivity index (χ1n) is 6.44. The van der Waals surface area contributed by atoms with Gasteiger partial charge in [0.25, 0.3) is 0 Å². The van der Waals surface area contributed by atoms with Crippen LogP contribution in [0.2, 0.25) is 0 Å². The summed E-state index contributed by atoms with van der Waals surface area (Å²) in [5.41, 5.74) is 8.25. The average Bonchev–Trinajstić information content (AvgIpc) is 2.37. The molecule has 2 N–H and O–H groups in total. The maximum absolute atomic E-state index is 5.46. The van der Waals surface area contributed by atoms with Crippen molar-refractivity contribution in [3.63, 3.8) is 0 Å². The second-order valence-electron chi connectivity index (χ2n) is 4.64. The van der Waals surface area contributed by atoms with Crippen LogP contribution in [0.4, 0.5) is 5.69 Å². The summed E-state index contributed by atoms with van der Waals surface area (Å²) in [5, 5.41) is 0. The Balaban J connectivity index is 1.98. The van der Waals surface area contributed by atoms with Gasteiger partial charge in [0.05, 0.1) is 13.2 Å². The van der Waals surface area contributed by atoms with Gasteiger partial charge in [0, 0.05) is 25.3 Å². The molecule has 0 aliphatic carbocycles. The molecule has 0 amide bonds. The zero-order valence-corrected chi connectivity index (χ0v) is 10.6. The van der Waals surface area contributed by atoms with Crippen LogP contribution in [0.3, 0.4) is 0 Å². The third kappa shape index (κ3) is 2.99. The summed E-state index contributed by atoms with van der Waals surface area (Å²) in [6.07, 6.45) is 1.23. The van der Waals surface area contributed by atoms with Crippen LogP contribution in [0.25, 0.3) is 0 Å². The molecular weight excluding hydrogens is 212 g/mol. The molecule has 0 bridgehead atoms. The van der Waals surface area contributed by atoms with Crippen molar-refractivity contribution in [3.8, 4) is 0 Å². The Bertz CT molecular complexity index is 354. The van der Waals surface area contributed by atoms with E-state index >= 15 is 0 Å². The lowest BCUT2D eigenvalue weighted by Crippen LogP contribution is -2.33. The van der Waals surface area contributed by atoms with Gasteiger partial charge in [0.1, 0.15) is 0 Å². The molecule has 0 radical (unpaired) electrons. The van der Waals surface area contributed by atoms with Crippen LogP contribution >= 0.6 is 0 Å². The number of nitrogens with two attached hydrogens (primary N) is 1. The van der Waals surface area contributed by atoms with Gasteiger partial charge in [0.2, 0.25) is 0 Å². The van der Waals surface area contributed by atoms with E-state index in [4.69, 9.17) is 10.5 Å². The quantitative estimate of drug-likeness (QED) is 0.792. The van der Waals surface area contributed by atoms with E-state index < -0.39 is 0 Å². The molecule has 1 aliphatic heterocycles. The fraction of sp³-hybridized carbons (Fsp3) is 0.571. The van der Waals surface area contributed by atoms with Crippen molar-refractivity contribution >= 4 is 5.69 Å². The summed E-state index contributed by atoms with van der Waals surface area (Å²) in [6, 6.07) is 8.70. The first kappa shape index (κ1) is 12.4. The van der Waals surface area contributed by atoms with Crippen molar-refractivity contribution < 1.29 is 4.74 Å². The minimum Gasteiger partial charge on any atom is -0.378 e. The lowest BCUT2D eigenvalue weighted by atomic mass is 9.92. The van der Waals surface area contributed by atoms with Gasteiger partial charge in [-0.15, -0.1) is 0 Å². The zero-order chi connectivity index (χ0) is 12.1. The van der Waals surface area contributed by atoms with Gasteiger partial charge in [-0.3, -0.25) is 0 Å². The number of ether oxygens (including phenoxy) is 1. The van der Waals surface area contributed by atoms with Crippen molar-refractivity contribution in [2.24, 2.45) is 5.73 Å². The SMILES string of the molecule is CC1CCN(CCOCCN)c2ccccc21. The smallest absolute Gasteiger partial charge is 0.0642 e. The van der Waals surface area contributed by atoms with Crippen LogP contribution in [0.1, 0.15) is 24.8 Å². The number of rotatable bonds is 5. The van der Waals surface area contributed by atoms with Crippen molar-refractivity contribution in [1.29, 1.82) is 0 Å². The number of anilines is 1. The lowest BCUT2D eigenvalue weighted by molar-refractivity contribution is 0.147. The third-order valence-electron chi connectivity index (χ3n) is 3.41. The minimum atomic E-state index is 0.605. The van der Waals surface area contributed by atoms with E-state index in [1.165, 1.54) is 17.7 Å². The third-order valence-corrected chi connectivity index (χ3v) is 3.41. The molecule has 0 saturated heterocycles. The highest BCUT2D eigenvalue weighted by Gasteiger charge is 2.20. The maximum atomic E-state index is 5.46. The Morgan fingerprint density at radius 3 is 3.00 bits per heavy atom. The molecule has 1 unspecified atom stereocenters. The van der Waals surface area contributed by atoms with Crippen LogP contribution in [0.15, 0.2) is 24.3 Å². The standard InChI is InChI=1S/C14H22N2O/c1-12-6-8-16(9-11-17-10-7-15)14-5-3-2-4-13(12)14/h2-5,12H,6-11,15H2,1H3. The van der Waals surface area contributed by atoms with E-state index in [1.807, 2.05) is 0 Å². The Labute approximate surface area is 104 Å². The summed E-state index contributed by atoms with van der Waals surface area (Å²) in [6.45, 7) is 6.43.